The van der Waals surface area contributed by atoms with Crippen LogP contribution in [0.2, 0.25) is 0 Å². The maximum atomic E-state index is 14.5. The molecule has 1 aliphatic carbocycles. The lowest BCUT2D eigenvalue weighted by Gasteiger charge is -2.37. The topological polar surface area (TPSA) is 90.0 Å². The van der Waals surface area contributed by atoms with E-state index in [0.717, 1.165) is 31.3 Å². The molecular formula is C18H19FN6O. The van der Waals surface area contributed by atoms with Gasteiger partial charge in [0.15, 0.2) is 11.5 Å². The van der Waals surface area contributed by atoms with Gasteiger partial charge in [-0.25, -0.2) is 14.4 Å². The smallest absolute Gasteiger partial charge is 0.155 e. The number of hydrogen-bond donors (Lipinski definition) is 3. The molecular weight excluding hydrogens is 335 g/mol. The minimum Gasteiger partial charge on any atom is -0.388 e. The number of nitrogens with zero attached hydrogens (tertiary/aromatic N) is 4. The molecule has 0 radical (unpaired) electrons. The summed E-state index contributed by atoms with van der Waals surface area (Å²) >= 11 is 0. The third kappa shape index (κ3) is 2.53. The van der Waals surface area contributed by atoms with Crippen molar-refractivity contribution in [2.75, 3.05) is 24.5 Å². The second-order valence-electron chi connectivity index (χ2n) is 7.03. The Kier molecular flexibility index (Phi) is 3.44. The van der Waals surface area contributed by atoms with Crippen molar-refractivity contribution in [3.8, 4) is 11.4 Å². The van der Waals surface area contributed by atoms with Crippen LogP contribution < -0.4 is 10.2 Å². The van der Waals surface area contributed by atoms with E-state index >= 15 is 0 Å². The van der Waals surface area contributed by atoms with E-state index in [0.29, 0.717) is 23.7 Å². The first-order chi connectivity index (χ1) is 12.6. The molecule has 134 valence electrons. The first-order valence-electron chi connectivity index (χ1n) is 8.81. The predicted molar refractivity (Wildman–Crippen MR) is 95.3 cm³/mol. The van der Waals surface area contributed by atoms with Gasteiger partial charge in [-0.05, 0) is 37.1 Å². The Morgan fingerprint density at radius 1 is 1.23 bits per heavy atom. The van der Waals surface area contributed by atoms with Crippen LogP contribution in [0.1, 0.15) is 12.8 Å². The zero-order chi connectivity index (χ0) is 17.7. The second kappa shape index (κ2) is 5.72. The van der Waals surface area contributed by atoms with Gasteiger partial charge in [0.1, 0.15) is 17.2 Å². The minimum atomic E-state index is -0.606. The van der Waals surface area contributed by atoms with E-state index in [-0.39, 0.29) is 11.7 Å². The number of anilines is 1. The summed E-state index contributed by atoms with van der Waals surface area (Å²) in [7, 11) is 0. The number of aromatic nitrogens is 4. The highest BCUT2D eigenvalue weighted by Gasteiger charge is 2.49. The zero-order valence-electron chi connectivity index (χ0n) is 14.1. The van der Waals surface area contributed by atoms with Crippen LogP contribution in [0.15, 0.2) is 30.5 Å². The molecule has 3 aromatic heterocycles. The van der Waals surface area contributed by atoms with E-state index in [1.807, 2.05) is 6.07 Å². The molecule has 0 amide bonds. The van der Waals surface area contributed by atoms with Gasteiger partial charge < -0.3 is 15.3 Å². The largest absolute Gasteiger partial charge is 0.388 e. The molecule has 5 rings (SSSR count). The van der Waals surface area contributed by atoms with Crippen molar-refractivity contribution in [1.29, 1.82) is 0 Å². The van der Waals surface area contributed by atoms with Crippen LogP contribution in [-0.2, 0) is 0 Å². The van der Waals surface area contributed by atoms with Gasteiger partial charge in [-0.15, -0.1) is 0 Å². The number of halogens is 1. The molecule has 0 spiro atoms. The molecule has 1 saturated heterocycles. The molecule has 4 heterocycles. The fourth-order valence-electron chi connectivity index (χ4n) is 3.60. The van der Waals surface area contributed by atoms with Crippen molar-refractivity contribution in [2.24, 2.45) is 0 Å². The second-order valence-corrected chi connectivity index (χ2v) is 7.03. The SMILES string of the molecule is OC1([C@@H]2CN(c3ccc(F)c(-c4n[nH]c5ncccc45)n3)CCN2)CC1. The Morgan fingerprint density at radius 2 is 2.12 bits per heavy atom. The normalized spacial score (nSPS) is 21.9. The highest BCUT2D eigenvalue weighted by Crippen LogP contribution is 2.39. The molecule has 3 N–H and O–H groups in total. The average molecular weight is 354 g/mol. The van der Waals surface area contributed by atoms with Crippen LogP contribution in [-0.4, -0.2) is 56.5 Å². The van der Waals surface area contributed by atoms with E-state index in [1.165, 1.54) is 6.07 Å². The third-order valence-corrected chi connectivity index (χ3v) is 5.30. The predicted octanol–water partition coefficient (Wildman–Crippen LogP) is 1.46. The highest BCUT2D eigenvalue weighted by atomic mass is 19.1. The van der Waals surface area contributed by atoms with E-state index in [2.05, 4.69) is 30.4 Å². The number of pyridine rings is 2. The van der Waals surface area contributed by atoms with Crippen LogP contribution in [0.4, 0.5) is 10.2 Å². The molecule has 26 heavy (non-hydrogen) atoms. The van der Waals surface area contributed by atoms with Crippen molar-refractivity contribution in [1.82, 2.24) is 25.5 Å². The van der Waals surface area contributed by atoms with E-state index in [9.17, 15) is 9.50 Å². The van der Waals surface area contributed by atoms with Crippen LogP contribution in [0.5, 0.6) is 0 Å². The van der Waals surface area contributed by atoms with Crippen molar-refractivity contribution >= 4 is 16.9 Å². The van der Waals surface area contributed by atoms with Gasteiger partial charge in [-0.3, -0.25) is 5.10 Å². The number of rotatable bonds is 3. The number of aliphatic hydroxyl groups is 1. The summed E-state index contributed by atoms with van der Waals surface area (Å²) in [5.41, 5.74) is 0.667. The lowest BCUT2D eigenvalue weighted by molar-refractivity contribution is 0.0995. The third-order valence-electron chi connectivity index (χ3n) is 5.30. The van der Waals surface area contributed by atoms with Gasteiger partial charge >= 0.3 is 0 Å². The molecule has 7 nitrogen and oxygen atoms in total. The van der Waals surface area contributed by atoms with Crippen molar-refractivity contribution in [2.45, 2.75) is 24.5 Å². The number of fused-ring (bicyclic) bond motifs is 1. The molecule has 0 unspecified atom stereocenters. The Labute approximate surface area is 149 Å². The molecule has 1 aliphatic heterocycles. The van der Waals surface area contributed by atoms with Gasteiger partial charge in [0.2, 0.25) is 0 Å². The Bertz CT molecular complexity index is 969. The molecule has 3 aromatic rings. The van der Waals surface area contributed by atoms with Crippen molar-refractivity contribution in [3.05, 3.63) is 36.3 Å². The highest BCUT2D eigenvalue weighted by molar-refractivity contribution is 5.89. The lowest BCUT2D eigenvalue weighted by atomic mass is 10.1. The molecule has 1 saturated carbocycles. The van der Waals surface area contributed by atoms with Gasteiger partial charge in [-0.1, -0.05) is 0 Å². The summed E-state index contributed by atoms with van der Waals surface area (Å²) in [5.74, 6) is 0.274. The van der Waals surface area contributed by atoms with Crippen LogP contribution in [0.3, 0.4) is 0 Å². The van der Waals surface area contributed by atoms with Gasteiger partial charge in [-0.2, -0.15) is 5.10 Å². The molecule has 2 fully saturated rings. The molecule has 0 aromatic carbocycles. The molecule has 8 heteroatoms. The van der Waals surface area contributed by atoms with E-state index in [4.69, 9.17) is 0 Å². The van der Waals surface area contributed by atoms with Crippen LogP contribution in [0, 0.1) is 5.82 Å². The lowest BCUT2D eigenvalue weighted by Crippen LogP contribution is -2.57. The first kappa shape index (κ1) is 15.7. The summed E-state index contributed by atoms with van der Waals surface area (Å²) in [6.45, 7) is 2.17. The number of H-pyrrole nitrogens is 1. The monoisotopic (exact) mass is 354 g/mol. The Morgan fingerprint density at radius 3 is 2.96 bits per heavy atom. The molecule has 1 atom stereocenters. The van der Waals surface area contributed by atoms with Gasteiger partial charge in [0.25, 0.3) is 0 Å². The first-order valence-corrected chi connectivity index (χ1v) is 8.81. The maximum Gasteiger partial charge on any atom is 0.155 e. The Hall–Kier alpha value is -2.58. The summed E-state index contributed by atoms with van der Waals surface area (Å²) < 4.78 is 14.5. The summed E-state index contributed by atoms with van der Waals surface area (Å²) in [6.07, 6.45) is 3.31. The minimum absolute atomic E-state index is 0.0157. The number of aromatic amines is 1. The zero-order valence-corrected chi connectivity index (χ0v) is 14.1. The quantitative estimate of drug-likeness (QED) is 0.660. The molecule has 0 bridgehead atoms. The summed E-state index contributed by atoms with van der Waals surface area (Å²) in [6, 6.07) is 6.77. The maximum absolute atomic E-state index is 14.5. The standard InChI is InChI=1S/C18H19FN6O/c19-12-3-4-14(25-9-8-20-13(10-25)18(26)5-6-18)22-16(12)15-11-2-1-7-21-17(11)24-23-15/h1-4,7,13,20,26H,5-6,8-10H2,(H,21,23,24)/t13-/m0/s1. The fourth-order valence-corrected chi connectivity index (χ4v) is 3.60. The van der Waals surface area contributed by atoms with Gasteiger partial charge in [0, 0.05) is 31.2 Å². The fraction of sp³-hybridized carbons (Fsp3) is 0.389. The van der Waals surface area contributed by atoms with E-state index in [1.54, 1.807) is 18.3 Å². The van der Waals surface area contributed by atoms with Gasteiger partial charge in [0.05, 0.1) is 11.6 Å². The number of nitrogens with one attached hydrogen (secondary N) is 2. The van der Waals surface area contributed by atoms with Crippen LogP contribution in [0.25, 0.3) is 22.4 Å². The summed E-state index contributed by atoms with van der Waals surface area (Å²) in [5, 5.41) is 21.6. The van der Waals surface area contributed by atoms with Crippen LogP contribution >= 0.6 is 0 Å². The number of hydrogen-bond acceptors (Lipinski definition) is 6. The molecule has 2 aliphatic rings. The number of piperazine rings is 1. The van der Waals surface area contributed by atoms with E-state index < -0.39 is 11.4 Å². The van der Waals surface area contributed by atoms with Crippen molar-refractivity contribution in [3.63, 3.8) is 0 Å². The summed E-state index contributed by atoms with van der Waals surface area (Å²) in [4.78, 5) is 10.8. The average Bonchev–Trinajstić information content (AvgIpc) is 3.29. The van der Waals surface area contributed by atoms with Crippen molar-refractivity contribution < 1.29 is 9.50 Å². The Balaban J connectivity index is 1.51.